The van der Waals surface area contributed by atoms with E-state index >= 15 is 0 Å². The molecule has 11 heteroatoms. The maximum Gasteiger partial charge on any atom is 0.226 e. The number of nitrogens with zero attached hydrogens (tertiary/aromatic N) is 7. The second-order valence-corrected chi connectivity index (χ2v) is 10.2. The Bertz CT molecular complexity index is 1200. The number of ether oxygens (including phenoxy) is 1. The summed E-state index contributed by atoms with van der Waals surface area (Å²) >= 11 is 1.66. The number of amides is 1. The molecule has 37 heavy (non-hydrogen) atoms. The van der Waals surface area contributed by atoms with E-state index in [1.54, 1.807) is 17.5 Å². The fourth-order valence-electron chi connectivity index (χ4n) is 4.49. The zero-order valence-electron chi connectivity index (χ0n) is 22.4. The first-order chi connectivity index (χ1) is 17.9. The van der Waals surface area contributed by atoms with Gasteiger partial charge in [0.2, 0.25) is 17.8 Å². The second kappa shape index (κ2) is 12.6. The summed E-state index contributed by atoms with van der Waals surface area (Å²) in [5.41, 5.74) is 10.5. The predicted molar refractivity (Wildman–Crippen MR) is 149 cm³/mol. The summed E-state index contributed by atoms with van der Waals surface area (Å²) < 4.78 is 6.57. The number of hydrogen-bond acceptors (Lipinski definition) is 10. The van der Waals surface area contributed by atoms with Gasteiger partial charge in [-0.2, -0.15) is 0 Å². The number of morpholine rings is 1. The highest BCUT2D eigenvalue weighted by atomic mass is 32.1. The van der Waals surface area contributed by atoms with Crippen LogP contribution in [0.25, 0.3) is 21.5 Å². The van der Waals surface area contributed by atoms with Crippen molar-refractivity contribution in [3.63, 3.8) is 0 Å². The van der Waals surface area contributed by atoms with E-state index in [-0.39, 0.29) is 11.9 Å². The van der Waals surface area contributed by atoms with E-state index in [4.69, 9.17) is 20.4 Å². The molecule has 0 spiro atoms. The smallest absolute Gasteiger partial charge is 0.226 e. The summed E-state index contributed by atoms with van der Waals surface area (Å²) in [7, 11) is 0. The molecule has 2 saturated heterocycles. The number of carbonyl (C=O) groups is 1. The van der Waals surface area contributed by atoms with Crippen molar-refractivity contribution in [2.24, 2.45) is 0 Å². The molecule has 0 radical (unpaired) electrons. The van der Waals surface area contributed by atoms with Crippen molar-refractivity contribution in [1.82, 2.24) is 29.7 Å². The van der Waals surface area contributed by atoms with Gasteiger partial charge in [-0.3, -0.25) is 9.69 Å². The number of aryl methyl sites for hydroxylation is 1. The van der Waals surface area contributed by atoms with Crippen molar-refractivity contribution in [1.29, 1.82) is 0 Å². The number of piperazine rings is 1. The molecule has 2 aliphatic rings. The van der Waals surface area contributed by atoms with Gasteiger partial charge in [-0.05, 0) is 12.3 Å². The number of anilines is 2. The highest BCUT2D eigenvalue weighted by Crippen LogP contribution is 2.36. The van der Waals surface area contributed by atoms with Gasteiger partial charge in [0.15, 0.2) is 0 Å². The largest absolute Gasteiger partial charge is 0.378 e. The van der Waals surface area contributed by atoms with Gasteiger partial charge >= 0.3 is 0 Å². The lowest BCUT2D eigenvalue weighted by atomic mass is 10.1. The molecule has 5 heterocycles. The summed E-state index contributed by atoms with van der Waals surface area (Å²) in [5.74, 6) is 1.20. The third kappa shape index (κ3) is 6.34. The standard InChI is InChI=1S/C23H30N8O2S.C3H8/c1-3-18(32)30-6-4-29(5-7-30)13-16-14-34-21-19(16)27-23(31-8-10-33-11-9-31)28-20(21)17-12-25-22(24)26-15(17)2;1-3-2/h12,14H,3-11,13H2,1-2H3,(H2,24,25,26);3H2,1-2H3. The number of nitrogen functional groups attached to an aromatic ring is 1. The molecule has 0 atom stereocenters. The molecule has 3 aromatic heterocycles. The van der Waals surface area contributed by atoms with Gasteiger partial charge in [0.25, 0.3) is 0 Å². The average molecular weight is 527 g/mol. The molecule has 1 amide bonds. The van der Waals surface area contributed by atoms with Crippen LogP contribution in [0.5, 0.6) is 0 Å². The number of fused-ring (bicyclic) bond motifs is 1. The summed E-state index contributed by atoms with van der Waals surface area (Å²) in [6.07, 6.45) is 3.57. The van der Waals surface area contributed by atoms with Gasteiger partial charge in [0.05, 0.1) is 34.8 Å². The molecule has 2 N–H and O–H groups in total. The van der Waals surface area contributed by atoms with Crippen molar-refractivity contribution < 1.29 is 9.53 Å². The Morgan fingerprint density at radius 2 is 1.76 bits per heavy atom. The van der Waals surface area contributed by atoms with Crippen LogP contribution in [0.15, 0.2) is 11.6 Å². The van der Waals surface area contributed by atoms with E-state index in [9.17, 15) is 4.79 Å². The quantitative estimate of drug-likeness (QED) is 0.535. The van der Waals surface area contributed by atoms with Crippen molar-refractivity contribution in [3.8, 4) is 11.3 Å². The molecule has 0 bridgehead atoms. The van der Waals surface area contributed by atoms with Gasteiger partial charge in [-0.15, -0.1) is 11.3 Å². The Hall–Kier alpha value is -2.89. The zero-order valence-corrected chi connectivity index (χ0v) is 23.2. The first-order valence-electron chi connectivity index (χ1n) is 13.2. The Morgan fingerprint density at radius 3 is 2.41 bits per heavy atom. The average Bonchev–Trinajstić information content (AvgIpc) is 3.32. The van der Waals surface area contributed by atoms with E-state index in [0.29, 0.717) is 25.6 Å². The van der Waals surface area contributed by atoms with Crippen LogP contribution in [0.4, 0.5) is 11.9 Å². The molecule has 3 aromatic rings. The van der Waals surface area contributed by atoms with Crippen LogP contribution in [0.3, 0.4) is 0 Å². The molecule has 10 nitrogen and oxygen atoms in total. The molecule has 0 saturated carbocycles. The van der Waals surface area contributed by atoms with Gasteiger partial charge in [0.1, 0.15) is 0 Å². The fourth-order valence-corrected chi connectivity index (χ4v) is 5.49. The zero-order chi connectivity index (χ0) is 26.4. The summed E-state index contributed by atoms with van der Waals surface area (Å²) in [6.45, 7) is 15.0. The van der Waals surface area contributed by atoms with Crippen LogP contribution in [-0.4, -0.2) is 88.1 Å². The third-order valence-corrected chi connectivity index (χ3v) is 7.47. The number of nitrogens with two attached hydrogens (primary N) is 1. The Balaban J connectivity index is 0.00000102. The molecular formula is C26H38N8O2S. The molecule has 200 valence electrons. The molecule has 2 fully saturated rings. The van der Waals surface area contributed by atoms with E-state index in [2.05, 4.69) is 39.0 Å². The second-order valence-electron chi connectivity index (χ2n) is 9.36. The van der Waals surface area contributed by atoms with E-state index in [0.717, 1.165) is 73.0 Å². The van der Waals surface area contributed by atoms with Crippen LogP contribution in [0.2, 0.25) is 0 Å². The third-order valence-electron chi connectivity index (χ3n) is 6.45. The van der Waals surface area contributed by atoms with Gasteiger partial charge in [-0.1, -0.05) is 27.2 Å². The van der Waals surface area contributed by atoms with Crippen LogP contribution in [0.1, 0.15) is 44.9 Å². The summed E-state index contributed by atoms with van der Waals surface area (Å²) in [5, 5.41) is 2.18. The van der Waals surface area contributed by atoms with Crippen LogP contribution in [0, 0.1) is 6.92 Å². The first-order valence-corrected chi connectivity index (χ1v) is 14.0. The van der Waals surface area contributed by atoms with Crippen molar-refractivity contribution in [2.75, 3.05) is 63.1 Å². The topological polar surface area (TPSA) is 114 Å². The van der Waals surface area contributed by atoms with Crippen LogP contribution in [-0.2, 0) is 16.1 Å². The summed E-state index contributed by atoms with van der Waals surface area (Å²) in [6, 6.07) is 0. The van der Waals surface area contributed by atoms with Crippen LogP contribution >= 0.6 is 11.3 Å². The molecule has 0 aromatic carbocycles. The number of aromatic nitrogens is 4. The predicted octanol–water partition coefficient (Wildman–Crippen LogP) is 3.35. The van der Waals surface area contributed by atoms with E-state index in [1.165, 1.54) is 12.0 Å². The lowest BCUT2D eigenvalue weighted by Gasteiger charge is -2.34. The maximum atomic E-state index is 12.0. The minimum absolute atomic E-state index is 0.231. The SMILES string of the molecule is CCC.CCC(=O)N1CCN(Cc2csc3c(-c4cnc(N)nc4C)nc(N4CCOCC4)nc23)CC1. The molecule has 0 aliphatic carbocycles. The Morgan fingerprint density at radius 1 is 1.05 bits per heavy atom. The summed E-state index contributed by atoms with van der Waals surface area (Å²) in [4.78, 5) is 37.2. The monoisotopic (exact) mass is 526 g/mol. The van der Waals surface area contributed by atoms with Gasteiger partial charge in [-0.25, -0.2) is 19.9 Å². The minimum Gasteiger partial charge on any atom is -0.378 e. The van der Waals surface area contributed by atoms with Gasteiger partial charge in [0, 0.05) is 69.6 Å². The van der Waals surface area contributed by atoms with E-state index < -0.39 is 0 Å². The first kappa shape index (κ1) is 27.2. The lowest BCUT2D eigenvalue weighted by molar-refractivity contribution is -0.132. The number of rotatable bonds is 5. The normalized spacial score (nSPS) is 16.5. The molecule has 0 unspecified atom stereocenters. The lowest BCUT2D eigenvalue weighted by Crippen LogP contribution is -2.48. The van der Waals surface area contributed by atoms with E-state index in [1.807, 2.05) is 18.7 Å². The minimum atomic E-state index is 0.231. The van der Waals surface area contributed by atoms with Crippen LogP contribution < -0.4 is 10.6 Å². The molecule has 2 aliphatic heterocycles. The van der Waals surface area contributed by atoms with Crippen molar-refractivity contribution in [2.45, 2.75) is 47.1 Å². The van der Waals surface area contributed by atoms with Crippen molar-refractivity contribution in [3.05, 3.63) is 22.8 Å². The number of thiophene rings is 1. The Labute approximate surface area is 222 Å². The van der Waals surface area contributed by atoms with Crippen molar-refractivity contribution >= 4 is 39.4 Å². The number of carbonyl (C=O) groups excluding carboxylic acids is 1. The van der Waals surface area contributed by atoms with Gasteiger partial charge < -0.3 is 20.3 Å². The molecule has 5 rings (SSSR count). The Kier molecular flexibility index (Phi) is 9.23. The fraction of sp³-hybridized carbons (Fsp3) is 0.577. The highest BCUT2D eigenvalue weighted by Gasteiger charge is 2.24. The molecular weight excluding hydrogens is 488 g/mol. The maximum absolute atomic E-state index is 12.0. The number of hydrogen-bond donors (Lipinski definition) is 1. The highest BCUT2D eigenvalue weighted by molar-refractivity contribution is 7.17.